The van der Waals surface area contributed by atoms with Crippen LogP contribution in [0.1, 0.15) is 43.6 Å². The van der Waals surface area contributed by atoms with Gasteiger partial charge in [0.25, 0.3) is 0 Å². The summed E-state index contributed by atoms with van der Waals surface area (Å²) in [6, 6.07) is 3.31. The van der Waals surface area contributed by atoms with E-state index < -0.39 is 5.60 Å². The number of pyridine rings is 1. The van der Waals surface area contributed by atoms with Gasteiger partial charge < -0.3 is 15.7 Å². The van der Waals surface area contributed by atoms with Crippen LogP contribution in [0.3, 0.4) is 0 Å². The average Bonchev–Trinajstić information content (AvgIpc) is 2.99. The van der Waals surface area contributed by atoms with Crippen molar-refractivity contribution in [2.45, 2.75) is 39.3 Å². The highest BCUT2D eigenvalue weighted by atomic mass is 16.3. The van der Waals surface area contributed by atoms with Crippen LogP contribution in [-0.4, -0.2) is 32.4 Å². The second kappa shape index (κ2) is 7.65. The summed E-state index contributed by atoms with van der Waals surface area (Å²) in [6.45, 7) is 7.77. The number of carbonyl (C=O) groups excluding carboxylic acids is 1. The van der Waals surface area contributed by atoms with Crippen molar-refractivity contribution in [2.75, 3.05) is 6.54 Å². The predicted octanol–water partition coefficient (Wildman–Crippen LogP) is 2.03. The highest BCUT2D eigenvalue weighted by Gasteiger charge is 2.27. The van der Waals surface area contributed by atoms with Gasteiger partial charge >= 0.3 is 6.03 Å². The van der Waals surface area contributed by atoms with E-state index in [2.05, 4.69) is 20.7 Å². The molecule has 0 fully saturated rings. The lowest BCUT2D eigenvalue weighted by Gasteiger charge is -2.26. The first kappa shape index (κ1) is 18.9. The normalized spacial score (nSPS) is 14.8. The van der Waals surface area contributed by atoms with E-state index in [0.29, 0.717) is 5.56 Å². The molecule has 7 nitrogen and oxygen atoms in total. The van der Waals surface area contributed by atoms with Crippen LogP contribution in [0.25, 0.3) is 0 Å². The highest BCUT2D eigenvalue weighted by molar-refractivity contribution is 5.74. The van der Waals surface area contributed by atoms with Crippen molar-refractivity contribution in [3.05, 3.63) is 47.5 Å². The molecule has 2 atom stereocenters. The minimum Gasteiger partial charge on any atom is -0.383 e. The molecule has 2 amide bonds. The number of aliphatic hydroxyl groups is 1. The Kier molecular flexibility index (Phi) is 5.79. The molecule has 0 aliphatic carbocycles. The largest absolute Gasteiger partial charge is 0.383 e. The zero-order valence-electron chi connectivity index (χ0n) is 15.4. The summed E-state index contributed by atoms with van der Waals surface area (Å²) >= 11 is 0. The number of hydrogen-bond donors (Lipinski definition) is 3. The Morgan fingerprint density at radius 1 is 1.44 bits per heavy atom. The fraction of sp³-hybridized carbons (Fsp3) is 0.500. The van der Waals surface area contributed by atoms with Gasteiger partial charge in [0.2, 0.25) is 0 Å². The van der Waals surface area contributed by atoms with E-state index in [1.54, 1.807) is 37.2 Å². The van der Waals surface area contributed by atoms with Gasteiger partial charge in [-0.3, -0.25) is 9.67 Å². The van der Waals surface area contributed by atoms with Gasteiger partial charge in [0.15, 0.2) is 0 Å². The third-order valence-corrected chi connectivity index (χ3v) is 4.22. The lowest BCUT2D eigenvalue weighted by atomic mass is 9.97. The fourth-order valence-electron chi connectivity index (χ4n) is 2.62. The summed E-state index contributed by atoms with van der Waals surface area (Å²) in [5.41, 5.74) is 1.34. The molecule has 0 bridgehead atoms. The molecule has 0 aliphatic heterocycles. The molecule has 7 heteroatoms. The van der Waals surface area contributed by atoms with Gasteiger partial charge in [-0.1, -0.05) is 19.9 Å². The molecule has 2 unspecified atom stereocenters. The summed E-state index contributed by atoms with van der Waals surface area (Å²) in [7, 11) is 1.78. The highest BCUT2D eigenvalue weighted by Crippen LogP contribution is 2.23. The molecule has 0 saturated carbocycles. The molecule has 0 saturated heterocycles. The summed E-state index contributed by atoms with van der Waals surface area (Å²) < 4.78 is 1.61. The Morgan fingerprint density at radius 3 is 2.72 bits per heavy atom. The number of aryl methyl sites for hydroxylation is 2. The van der Waals surface area contributed by atoms with Crippen molar-refractivity contribution in [3.63, 3.8) is 0 Å². The molecular weight excluding hydrogens is 318 g/mol. The first-order chi connectivity index (χ1) is 11.7. The Balaban J connectivity index is 2.01. The molecular formula is C18H27N5O2. The zero-order valence-corrected chi connectivity index (χ0v) is 15.4. The lowest BCUT2D eigenvalue weighted by Crippen LogP contribution is -2.45. The molecule has 2 aromatic heterocycles. The summed E-state index contributed by atoms with van der Waals surface area (Å²) in [5.74, 6) is 0.179. The van der Waals surface area contributed by atoms with Crippen LogP contribution < -0.4 is 10.6 Å². The average molecular weight is 345 g/mol. The van der Waals surface area contributed by atoms with Crippen LogP contribution in [0.15, 0.2) is 30.7 Å². The fourth-order valence-corrected chi connectivity index (χ4v) is 2.62. The number of carbonyl (C=O) groups is 1. The Morgan fingerprint density at radius 2 is 2.16 bits per heavy atom. The maximum absolute atomic E-state index is 12.3. The van der Waals surface area contributed by atoms with Crippen LogP contribution in [-0.2, 0) is 12.6 Å². The number of amides is 2. The maximum atomic E-state index is 12.3. The molecule has 136 valence electrons. The van der Waals surface area contributed by atoms with Gasteiger partial charge in [-0.2, -0.15) is 5.10 Å². The summed E-state index contributed by atoms with van der Waals surface area (Å²) in [5, 5.41) is 20.3. The van der Waals surface area contributed by atoms with E-state index in [-0.39, 0.29) is 24.5 Å². The minimum atomic E-state index is -1.19. The Bertz CT molecular complexity index is 724. The molecule has 25 heavy (non-hydrogen) atoms. The Labute approximate surface area is 148 Å². The van der Waals surface area contributed by atoms with Crippen LogP contribution in [0.4, 0.5) is 4.79 Å². The monoisotopic (exact) mass is 345 g/mol. The molecule has 2 rings (SSSR count). The smallest absolute Gasteiger partial charge is 0.315 e. The first-order valence-corrected chi connectivity index (χ1v) is 8.38. The molecule has 0 spiro atoms. The van der Waals surface area contributed by atoms with Crippen molar-refractivity contribution in [1.29, 1.82) is 0 Å². The van der Waals surface area contributed by atoms with E-state index in [4.69, 9.17) is 0 Å². The molecule has 0 aliphatic rings. The summed E-state index contributed by atoms with van der Waals surface area (Å²) in [4.78, 5) is 16.8. The van der Waals surface area contributed by atoms with E-state index in [1.165, 1.54) is 0 Å². The molecule has 2 aromatic rings. The van der Waals surface area contributed by atoms with E-state index in [9.17, 15) is 9.90 Å². The third-order valence-electron chi connectivity index (χ3n) is 4.22. The minimum absolute atomic E-state index is 0.0799. The zero-order chi connectivity index (χ0) is 18.6. The van der Waals surface area contributed by atoms with Gasteiger partial charge in [-0.25, -0.2) is 4.79 Å². The number of nitrogens with one attached hydrogen (secondary N) is 2. The first-order valence-electron chi connectivity index (χ1n) is 8.38. The van der Waals surface area contributed by atoms with E-state index >= 15 is 0 Å². The van der Waals surface area contributed by atoms with Gasteiger partial charge in [-0.15, -0.1) is 0 Å². The molecule has 2 heterocycles. The quantitative estimate of drug-likeness (QED) is 0.747. The second-order valence-corrected chi connectivity index (χ2v) is 6.93. The van der Waals surface area contributed by atoms with Crippen LogP contribution in [0, 0.1) is 12.8 Å². The Hall–Kier alpha value is -2.41. The van der Waals surface area contributed by atoms with E-state index in [1.807, 2.05) is 32.9 Å². The van der Waals surface area contributed by atoms with Crippen molar-refractivity contribution in [2.24, 2.45) is 13.0 Å². The topological polar surface area (TPSA) is 92.1 Å². The van der Waals surface area contributed by atoms with Crippen molar-refractivity contribution < 1.29 is 9.90 Å². The molecule has 0 aromatic carbocycles. The number of aromatic nitrogens is 3. The van der Waals surface area contributed by atoms with Gasteiger partial charge in [0, 0.05) is 25.0 Å². The lowest BCUT2D eigenvalue weighted by molar-refractivity contribution is 0.0591. The predicted molar refractivity (Wildman–Crippen MR) is 95.9 cm³/mol. The molecule has 3 N–H and O–H groups in total. The standard InChI is InChI=1S/C18H27N5O2/c1-12(2)15(16-13(3)7-6-8-19-16)22-17(24)20-11-18(4,25)14-9-21-23(5)10-14/h6-10,12,15,25H,11H2,1-5H3,(H2,20,22,24). The van der Waals surface area contributed by atoms with Crippen LogP contribution in [0.5, 0.6) is 0 Å². The second-order valence-electron chi connectivity index (χ2n) is 6.93. The number of rotatable bonds is 6. The SMILES string of the molecule is Cc1cccnc1C(NC(=O)NCC(C)(O)c1cnn(C)c1)C(C)C. The van der Waals surface area contributed by atoms with Gasteiger partial charge in [0.05, 0.1) is 24.5 Å². The van der Waals surface area contributed by atoms with Crippen LogP contribution >= 0.6 is 0 Å². The van der Waals surface area contributed by atoms with Crippen molar-refractivity contribution in [3.8, 4) is 0 Å². The van der Waals surface area contributed by atoms with Crippen molar-refractivity contribution >= 4 is 6.03 Å². The number of hydrogen-bond acceptors (Lipinski definition) is 4. The van der Waals surface area contributed by atoms with E-state index in [0.717, 1.165) is 11.3 Å². The molecule has 0 radical (unpaired) electrons. The van der Waals surface area contributed by atoms with Crippen molar-refractivity contribution in [1.82, 2.24) is 25.4 Å². The number of urea groups is 1. The van der Waals surface area contributed by atoms with Gasteiger partial charge in [0.1, 0.15) is 5.60 Å². The third kappa shape index (κ3) is 4.79. The number of nitrogens with zero attached hydrogens (tertiary/aromatic N) is 3. The summed E-state index contributed by atoms with van der Waals surface area (Å²) in [6.07, 6.45) is 5.05. The van der Waals surface area contributed by atoms with Crippen LogP contribution in [0.2, 0.25) is 0 Å². The maximum Gasteiger partial charge on any atom is 0.315 e. The van der Waals surface area contributed by atoms with Gasteiger partial charge in [-0.05, 0) is 31.4 Å².